The third kappa shape index (κ3) is 6.85. The average molecular weight is 557 g/mol. The number of carbonyl (C=O) groups is 1. The number of piperidine rings is 1. The van der Waals surface area contributed by atoms with Gasteiger partial charge in [0.25, 0.3) is 0 Å². The van der Waals surface area contributed by atoms with Gasteiger partial charge in [0.05, 0.1) is 24.2 Å². The van der Waals surface area contributed by atoms with Crippen LogP contribution in [-0.4, -0.2) is 88.3 Å². The van der Waals surface area contributed by atoms with Crippen molar-refractivity contribution < 1.29 is 23.1 Å². The van der Waals surface area contributed by atoms with E-state index in [1.54, 1.807) is 6.20 Å². The van der Waals surface area contributed by atoms with Gasteiger partial charge in [-0.1, -0.05) is 12.1 Å². The first-order chi connectivity index (χ1) is 18.8. The maximum absolute atomic E-state index is 12.9. The summed E-state index contributed by atoms with van der Waals surface area (Å²) in [5.41, 5.74) is 2.08. The fraction of sp³-hybridized carbons (Fsp3) is 0.556. The number of H-pyrrole nitrogens is 1. The summed E-state index contributed by atoms with van der Waals surface area (Å²) in [6, 6.07) is 7.64. The Morgan fingerprint density at radius 1 is 1.15 bits per heavy atom. The molecule has 0 bridgehead atoms. The maximum atomic E-state index is 12.9. The lowest BCUT2D eigenvalue weighted by atomic mass is 9.85. The number of nitrogens with one attached hydrogen (secondary N) is 2. The molecule has 39 heavy (non-hydrogen) atoms. The lowest BCUT2D eigenvalue weighted by molar-refractivity contribution is -0.138. The minimum absolute atomic E-state index is 0.0451. The fourth-order valence-electron chi connectivity index (χ4n) is 5.41. The number of fused-ring (bicyclic) bond motifs is 1. The SMILES string of the molecule is CS(=O)(=O)CCCOc1cccc2c(-c3ccnc(N[C@H]4CC[C@H](C(=O)N5CCC(O)CC5)CC4)n3)n[nH]c12. The van der Waals surface area contributed by atoms with Crippen molar-refractivity contribution in [3.63, 3.8) is 0 Å². The number of aliphatic hydroxyl groups excluding tert-OH is 1. The van der Waals surface area contributed by atoms with Crippen LogP contribution in [0, 0.1) is 5.92 Å². The van der Waals surface area contributed by atoms with E-state index in [1.165, 1.54) is 6.26 Å². The van der Waals surface area contributed by atoms with Crippen LogP contribution < -0.4 is 10.1 Å². The number of ether oxygens (including phenoxy) is 1. The molecule has 5 rings (SSSR count). The molecule has 3 N–H and O–H groups in total. The summed E-state index contributed by atoms with van der Waals surface area (Å²) in [5.74, 6) is 1.48. The van der Waals surface area contributed by atoms with Crippen LogP contribution in [0.3, 0.4) is 0 Å². The minimum atomic E-state index is -3.03. The molecule has 1 aliphatic carbocycles. The predicted octanol–water partition coefficient (Wildman–Crippen LogP) is 2.79. The van der Waals surface area contributed by atoms with E-state index < -0.39 is 9.84 Å². The molecule has 11 nitrogen and oxygen atoms in total. The Morgan fingerprint density at radius 3 is 2.67 bits per heavy atom. The van der Waals surface area contributed by atoms with Gasteiger partial charge in [0.2, 0.25) is 11.9 Å². The highest BCUT2D eigenvalue weighted by molar-refractivity contribution is 7.90. The topological polar surface area (TPSA) is 150 Å². The second-order valence-electron chi connectivity index (χ2n) is 10.6. The zero-order chi connectivity index (χ0) is 27.4. The van der Waals surface area contributed by atoms with E-state index in [9.17, 15) is 18.3 Å². The maximum Gasteiger partial charge on any atom is 0.225 e. The van der Waals surface area contributed by atoms with Crippen LogP contribution in [0.5, 0.6) is 5.75 Å². The monoisotopic (exact) mass is 556 g/mol. The van der Waals surface area contributed by atoms with Gasteiger partial charge in [0.15, 0.2) is 0 Å². The number of carbonyl (C=O) groups excluding carboxylic acids is 1. The molecule has 2 aliphatic rings. The Morgan fingerprint density at radius 2 is 1.92 bits per heavy atom. The lowest BCUT2D eigenvalue weighted by Crippen LogP contribution is -2.44. The molecule has 2 fully saturated rings. The summed E-state index contributed by atoms with van der Waals surface area (Å²) in [7, 11) is -3.03. The van der Waals surface area contributed by atoms with Crippen LogP contribution in [0.2, 0.25) is 0 Å². The number of para-hydroxylation sites is 1. The highest BCUT2D eigenvalue weighted by Crippen LogP contribution is 2.32. The molecule has 3 heterocycles. The van der Waals surface area contributed by atoms with Gasteiger partial charge in [-0.05, 0) is 57.1 Å². The van der Waals surface area contributed by atoms with Gasteiger partial charge in [-0.25, -0.2) is 18.4 Å². The molecule has 1 saturated heterocycles. The summed E-state index contributed by atoms with van der Waals surface area (Å²) >= 11 is 0. The third-order valence-corrected chi connectivity index (χ3v) is 8.59. The largest absolute Gasteiger partial charge is 0.491 e. The summed E-state index contributed by atoms with van der Waals surface area (Å²) < 4.78 is 28.6. The third-order valence-electron chi connectivity index (χ3n) is 7.56. The van der Waals surface area contributed by atoms with Gasteiger partial charge in [0.1, 0.15) is 26.8 Å². The van der Waals surface area contributed by atoms with Crippen LogP contribution in [0.4, 0.5) is 5.95 Å². The summed E-state index contributed by atoms with van der Waals surface area (Å²) in [4.78, 5) is 23.9. The molecule has 0 radical (unpaired) electrons. The molecule has 0 atom stereocenters. The Balaban J connectivity index is 1.19. The molecule has 0 spiro atoms. The highest BCUT2D eigenvalue weighted by Gasteiger charge is 2.31. The van der Waals surface area contributed by atoms with Crippen molar-refractivity contribution in [2.24, 2.45) is 5.92 Å². The highest BCUT2D eigenvalue weighted by atomic mass is 32.2. The first-order valence-electron chi connectivity index (χ1n) is 13.6. The van der Waals surface area contributed by atoms with E-state index in [2.05, 4.69) is 20.5 Å². The Bertz CT molecular complexity index is 1390. The van der Waals surface area contributed by atoms with E-state index >= 15 is 0 Å². The molecule has 1 aliphatic heterocycles. The molecule has 1 aromatic carbocycles. The van der Waals surface area contributed by atoms with Gasteiger partial charge >= 0.3 is 0 Å². The standard InChI is InChI=1S/C27H36N6O5S/c1-39(36,37)17-3-16-38-23-5-2-4-21-24(31-32-25(21)23)22-10-13-28-27(30-22)29-19-8-6-18(7-9-19)26(35)33-14-11-20(34)12-15-33/h2,4-5,10,13,18-20,34H,3,6-9,11-12,14-17H2,1H3,(H,31,32)(H,28,29,30)/t18-,19-. The molecule has 0 unspecified atom stereocenters. The normalized spacial score (nSPS) is 20.7. The van der Waals surface area contributed by atoms with Crippen LogP contribution in [0.1, 0.15) is 44.9 Å². The molecule has 210 valence electrons. The quantitative estimate of drug-likeness (QED) is 0.338. The second-order valence-corrected chi connectivity index (χ2v) is 12.9. The predicted molar refractivity (Wildman–Crippen MR) is 148 cm³/mol. The number of rotatable bonds is 9. The van der Waals surface area contributed by atoms with Crippen molar-refractivity contribution in [1.29, 1.82) is 0 Å². The summed E-state index contributed by atoms with van der Waals surface area (Å²) in [6.45, 7) is 1.59. The minimum Gasteiger partial charge on any atom is -0.491 e. The number of amides is 1. The first kappa shape index (κ1) is 27.3. The molecule has 1 amide bonds. The van der Waals surface area contributed by atoms with Crippen molar-refractivity contribution >= 4 is 32.6 Å². The van der Waals surface area contributed by atoms with Crippen LogP contribution in [0.25, 0.3) is 22.3 Å². The van der Waals surface area contributed by atoms with Crippen LogP contribution in [-0.2, 0) is 14.6 Å². The fourth-order valence-corrected chi connectivity index (χ4v) is 6.05. The van der Waals surface area contributed by atoms with E-state index in [-0.39, 0.29) is 36.3 Å². The average Bonchev–Trinajstić information content (AvgIpc) is 3.36. The van der Waals surface area contributed by atoms with Crippen molar-refractivity contribution in [3.8, 4) is 17.1 Å². The molecule has 3 aromatic rings. The molecule has 2 aromatic heterocycles. The van der Waals surface area contributed by atoms with Crippen molar-refractivity contribution in [2.75, 3.05) is 37.0 Å². The van der Waals surface area contributed by atoms with Crippen molar-refractivity contribution in [1.82, 2.24) is 25.1 Å². The number of hydrogen-bond donors (Lipinski definition) is 3. The molecule has 12 heteroatoms. The number of nitrogens with zero attached hydrogens (tertiary/aromatic N) is 4. The zero-order valence-corrected chi connectivity index (χ0v) is 23.0. The Labute approximate surface area is 228 Å². The van der Waals surface area contributed by atoms with Crippen molar-refractivity contribution in [2.45, 2.75) is 57.1 Å². The number of benzene rings is 1. The van der Waals surface area contributed by atoms with Crippen LogP contribution >= 0.6 is 0 Å². The summed E-state index contributed by atoms with van der Waals surface area (Å²) in [6.07, 6.45) is 7.78. The van der Waals surface area contributed by atoms with E-state index in [0.717, 1.165) is 36.6 Å². The number of aromatic amines is 1. The van der Waals surface area contributed by atoms with Gasteiger partial charge in [0, 0.05) is 42.9 Å². The number of anilines is 1. The van der Waals surface area contributed by atoms with E-state index in [4.69, 9.17) is 9.72 Å². The second kappa shape index (κ2) is 11.9. The van der Waals surface area contributed by atoms with Crippen LogP contribution in [0.15, 0.2) is 30.5 Å². The molecule has 1 saturated carbocycles. The zero-order valence-electron chi connectivity index (χ0n) is 22.2. The Hall–Kier alpha value is -3.25. The van der Waals surface area contributed by atoms with Crippen molar-refractivity contribution in [3.05, 3.63) is 30.5 Å². The molecular formula is C27H36N6O5S. The van der Waals surface area contributed by atoms with Gasteiger partial charge in [-0.3, -0.25) is 9.89 Å². The smallest absolute Gasteiger partial charge is 0.225 e. The summed E-state index contributed by atoms with van der Waals surface area (Å²) in [5, 5.41) is 21.5. The lowest BCUT2D eigenvalue weighted by Gasteiger charge is -2.35. The first-order valence-corrected chi connectivity index (χ1v) is 15.7. The molecular weight excluding hydrogens is 520 g/mol. The number of likely N-dealkylation sites (tertiary alicyclic amines) is 1. The van der Waals surface area contributed by atoms with Gasteiger partial charge in [-0.15, -0.1) is 0 Å². The van der Waals surface area contributed by atoms with E-state index in [1.807, 2.05) is 29.2 Å². The number of hydrogen-bond acceptors (Lipinski definition) is 9. The number of aliphatic hydroxyl groups is 1. The number of aromatic nitrogens is 4. The number of sulfone groups is 1. The van der Waals surface area contributed by atoms with Gasteiger partial charge in [-0.2, -0.15) is 5.10 Å². The Kier molecular flexibility index (Phi) is 8.31. The van der Waals surface area contributed by atoms with E-state index in [0.29, 0.717) is 55.4 Å². The van der Waals surface area contributed by atoms with Gasteiger partial charge < -0.3 is 20.1 Å².